The maximum absolute atomic E-state index is 12.1. The van der Waals surface area contributed by atoms with Crippen LogP contribution in [0, 0.1) is 5.92 Å². The summed E-state index contributed by atoms with van der Waals surface area (Å²) in [6.07, 6.45) is 7.84. The summed E-state index contributed by atoms with van der Waals surface area (Å²) in [4.78, 5) is 13.9. The predicted molar refractivity (Wildman–Crippen MR) is 83.5 cm³/mol. The fraction of sp³-hybridized carbons (Fsp3) is 0.562. The van der Waals surface area contributed by atoms with Gasteiger partial charge in [0.05, 0.1) is 4.90 Å². The average molecular weight is 322 g/mol. The summed E-state index contributed by atoms with van der Waals surface area (Å²) in [6, 6.07) is 7.03. The topological polar surface area (TPSA) is 75.3 Å². The standard InChI is InChI=1S/C16H22N2O3S/c19-16(14-6-7-14)17-18-22(20,21)15-10-8-13(9-11-15)12-4-2-1-3-5-12/h8-12,14,18H,1-7H2,(H,17,19). The molecule has 0 bridgehead atoms. The van der Waals surface area contributed by atoms with Gasteiger partial charge in [-0.3, -0.25) is 10.2 Å². The lowest BCUT2D eigenvalue weighted by molar-refractivity contribution is -0.122. The molecule has 0 saturated heterocycles. The molecule has 0 spiro atoms. The van der Waals surface area contributed by atoms with Gasteiger partial charge in [-0.2, -0.15) is 0 Å². The third kappa shape index (κ3) is 3.67. The van der Waals surface area contributed by atoms with Crippen LogP contribution in [-0.4, -0.2) is 14.3 Å². The molecule has 3 rings (SSSR count). The lowest BCUT2D eigenvalue weighted by Gasteiger charge is -2.22. The molecule has 2 saturated carbocycles. The van der Waals surface area contributed by atoms with Crippen LogP contribution in [0.5, 0.6) is 0 Å². The van der Waals surface area contributed by atoms with Gasteiger partial charge in [-0.1, -0.05) is 31.4 Å². The van der Waals surface area contributed by atoms with E-state index in [0.717, 1.165) is 12.8 Å². The second-order valence-corrected chi connectivity index (χ2v) is 7.96. The van der Waals surface area contributed by atoms with Gasteiger partial charge in [0.25, 0.3) is 10.0 Å². The van der Waals surface area contributed by atoms with Gasteiger partial charge in [0.1, 0.15) is 0 Å². The molecule has 1 amide bonds. The number of nitrogens with one attached hydrogen (secondary N) is 2. The number of carbonyl (C=O) groups excluding carboxylic acids is 1. The first kappa shape index (κ1) is 15.5. The molecule has 22 heavy (non-hydrogen) atoms. The van der Waals surface area contributed by atoms with E-state index in [0.29, 0.717) is 5.92 Å². The highest BCUT2D eigenvalue weighted by molar-refractivity contribution is 7.89. The van der Waals surface area contributed by atoms with Crippen molar-refractivity contribution in [2.75, 3.05) is 0 Å². The summed E-state index contributed by atoms with van der Waals surface area (Å²) in [6.45, 7) is 0. The van der Waals surface area contributed by atoms with Gasteiger partial charge >= 0.3 is 0 Å². The van der Waals surface area contributed by atoms with E-state index in [2.05, 4.69) is 10.3 Å². The molecular formula is C16H22N2O3S. The summed E-state index contributed by atoms with van der Waals surface area (Å²) in [5, 5.41) is 0. The van der Waals surface area contributed by atoms with E-state index in [4.69, 9.17) is 0 Å². The Labute approximate surface area is 131 Å². The Bertz CT molecular complexity index is 630. The summed E-state index contributed by atoms with van der Waals surface area (Å²) >= 11 is 0. The zero-order valence-corrected chi connectivity index (χ0v) is 13.4. The Morgan fingerprint density at radius 2 is 1.59 bits per heavy atom. The van der Waals surface area contributed by atoms with Crippen LogP contribution in [0.4, 0.5) is 0 Å². The molecule has 0 aromatic heterocycles. The molecule has 0 radical (unpaired) electrons. The molecule has 5 nitrogen and oxygen atoms in total. The van der Waals surface area contributed by atoms with Crippen LogP contribution < -0.4 is 10.3 Å². The molecule has 0 atom stereocenters. The number of rotatable bonds is 5. The number of hydrogen-bond donors (Lipinski definition) is 2. The Balaban J connectivity index is 1.64. The van der Waals surface area contributed by atoms with Crippen molar-refractivity contribution in [2.24, 2.45) is 5.92 Å². The van der Waals surface area contributed by atoms with Crippen LogP contribution in [0.3, 0.4) is 0 Å². The molecule has 6 heteroatoms. The van der Waals surface area contributed by atoms with Gasteiger partial charge < -0.3 is 0 Å². The zero-order chi connectivity index (χ0) is 15.6. The van der Waals surface area contributed by atoms with Crippen molar-refractivity contribution < 1.29 is 13.2 Å². The normalized spacial score (nSPS) is 19.8. The highest BCUT2D eigenvalue weighted by Gasteiger charge is 2.30. The predicted octanol–water partition coefficient (Wildman–Crippen LogP) is 2.45. The van der Waals surface area contributed by atoms with Gasteiger partial charge in [0.2, 0.25) is 5.91 Å². The number of carbonyl (C=O) groups is 1. The van der Waals surface area contributed by atoms with Crippen molar-refractivity contribution in [1.82, 2.24) is 10.3 Å². The summed E-state index contributed by atoms with van der Waals surface area (Å²) < 4.78 is 24.3. The van der Waals surface area contributed by atoms with E-state index in [-0.39, 0.29) is 16.7 Å². The maximum Gasteiger partial charge on any atom is 0.257 e. The van der Waals surface area contributed by atoms with Crippen LogP contribution in [0.2, 0.25) is 0 Å². The van der Waals surface area contributed by atoms with Crippen molar-refractivity contribution >= 4 is 15.9 Å². The molecule has 1 aromatic rings. The number of hydrogen-bond acceptors (Lipinski definition) is 3. The van der Waals surface area contributed by atoms with Gasteiger partial charge in [-0.25, -0.2) is 8.42 Å². The van der Waals surface area contributed by atoms with Crippen molar-refractivity contribution in [3.63, 3.8) is 0 Å². The molecule has 120 valence electrons. The van der Waals surface area contributed by atoms with Gasteiger partial charge in [0.15, 0.2) is 0 Å². The maximum atomic E-state index is 12.1. The molecule has 2 N–H and O–H groups in total. The van der Waals surface area contributed by atoms with Gasteiger partial charge in [-0.05, 0) is 49.3 Å². The molecule has 0 aliphatic heterocycles. The second-order valence-electron chi connectivity index (χ2n) is 6.27. The molecule has 2 fully saturated rings. The number of hydrazine groups is 1. The van der Waals surface area contributed by atoms with Crippen molar-refractivity contribution in [3.8, 4) is 0 Å². The minimum Gasteiger partial charge on any atom is -0.277 e. The van der Waals surface area contributed by atoms with Crippen LogP contribution in [0.1, 0.15) is 56.4 Å². The van der Waals surface area contributed by atoms with Crippen molar-refractivity contribution in [3.05, 3.63) is 29.8 Å². The molecule has 2 aliphatic carbocycles. The number of benzene rings is 1. The SMILES string of the molecule is O=C(NNS(=O)(=O)c1ccc(C2CCCCC2)cc1)C1CC1. The molecule has 1 aromatic carbocycles. The van der Waals surface area contributed by atoms with Crippen LogP contribution in [0.15, 0.2) is 29.2 Å². The van der Waals surface area contributed by atoms with Crippen LogP contribution >= 0.6 is 0 Å². The van der Waals surface area contributed by atoms with E-state index < -0.39 is 10.0 Å². The van der Waals surface area contributed by atoms with Crippen LogP contribution in [0.25, 0.3) is 0 Å². The smallest absolute Gasteiger partial charge is 0.257 e. The molecular weight excluding hydrogens is 300 g/mol. The fourth-order valence-corrected chi connectivity index (χ4v) is 3.83. The Kier molecular flexibility index (Phi) is 4.49. The van der Waals surface area contributed by atoms with E-state index in [1.54, 1.807) is 12.1 Å². The molecule has 2 aliphatic rings. The Hall–Kier alpha value is -1.40. The van der Waals surface area contributed by atoms with E-state index >= 15 is 0 Å². The lowest BCUT2D eigenvalue weighted by Crippen LogP contribution is -2.42. The zero-order valence-electron chi connectivity index (χ0n) is 12.5. The van der Waals surface area contributed by atoms with Crippen LogP contribution in [-0.2, 0) is 14.8 Å². The van der Waals surface area contributed by atoms with Gasteiger partial charge in [-0.15, -0.1) is 4.83 Å². The monoisotopic (exact) mass is 322 g/mol. The third-order valence-corrected chi connectivity index (χ3v) is 5.79. The average Bonchev–Trinajstić information content (AvgIpc) is 3.39. The number of amides is 1. The van der Waals surface area contributed by atoms with E-state index in [9.17, 15) is 13.2 Å². The lowest BCUT2D eigenvalue weighted by atomic mass is 9.84. The number of sulfonamides is 1. The summed E-state index contributed by atoms with van der Waals surface area (Å²) in [7, 11) is -3.69. The molecule has 0 heterocycles. The fourth-order valence-electron chi connectivity index (χ4n) is 2.98. The van der Waals surface area contributed by atoms with Crippen molar-refractivity contribution in [2.45, 2.75) is 55.8 Å². The second kappa shape index (κ2) is 6.38. The third-order valence-electron chi connectivity index (χ3n) is 4.52. The van der Waals surface area contributed by atoms with E-state index in [1.165, 1.54) is 37.7 Å². The first-order chi connectivity index (χ1) is 10.6. The highest BCUT2D eigenvalue weighted by Crippen LogP contribution is 2.33. The first-order valence-corrected chi connectivity index (χ1v) is 9.46. The Morgan fingerprint density at radius 3 is 2.18 bits per heavy atom. The first-order valence-electron chi connectivity index (χ1n) is 7.98. The van der Waals surface area contributed by atoms with Gasteiger partial charge in [0, 0.05) is 5.92 Å². The van der Waals surface area contributed by atoms with Crippen molar-refractivity contribution in [1.29, 1.82) is 0 Å². The summed E-state index contributed by atoms with van der Waals surface area (Å²) in [5.74, 6) is 0.270. The minimum atomic E-state index is -3.69. The largest absolute Gasteiger partial charge is 0.277 e. The quantitative estimate of drug-likeness (QED) is 0.818. The van der Waals surface area contributed by atoms with E-state index in [1.807, 2.05) is 12.1 Å². The minimum absolute atomic E-state index is 0.0311. The highest BCUT2D eigenvalue weighted by atomic mass is 32.2. The Morgan fingerprint density at radius 1 is 0.955 bits per heavy atom. The summed E-state index contributed by atoms with van der Waals surface area (Å²) in [5.41, 5.74) is 3.49. The molecule has 0 unspecified atom stereocenters.